The number of nitriles is 1. The first-order valence-corrected chi connectivity index (χ1v) is 6.46. The van der Waals surface area contributed by atoms with Gasteiger partial charge >= 0.3 is 0 Å². The highest BCUT2D eigenvalue weighted by Gasteiger charge is 2.12. The van der Waals surface area contributed by atoms with Crippen molar-refractivity contribution in [3.63, 3.8) is 0 Å². The molecule has 0 bridgehead atoms. The van der Waals surface area contributed by atoms with Crippen molar-refractivity contribution in [1.82, 2.24) is 19.7 Å². The van der Waals surface area contributed by atoms with Crippen LogP contribution in [0.15, 0.2) is 30.7 Å². The average molecular weight is 279 g/mol. The second-order valence-electron chi connectivity index (χ2n) is 4.77. The van der Waals surface area contributed by atoms with Gasteiger partial charge in [-0.05, 0) is 37.1 Å². The zero-order chi connectivity index (χ0) is 14.8. The van der Waals surface area contributed by atoms with E-state index in [2.05, 4.69) is 21.1 Å². The minimum atomic E-state index is -0.0547. The molecule has 0 spiro atoms. The fourth-order valence-corrected chi connectivity index (χ4v) is 2.30. The van der Waals surface area contributed by atoms with Crippen molar-refractivity contribution in [3.05, 3.63) is 41.9 Å². The highest BCUT2D eigenvalue weighted by Crippen LogP contribution is 2.24. The van der Waals surface area contributed by atoms with E-state index in [1.807, 2.05) is 32.0 Å². The summed E-state index contributed by atoms with van der Waals surface area (Å²) in [6.07, 6.45) is 3.07. The number of ether oxygens (including phenoxy) is 1. The summed E-state index contributed by atoms with van der Waals surface area (Å²) in [4.78, 5) is 8.32. The Kier molecular flexibility index (Phi) is 3.24. The maximum absolute atomic E-state index is 8.60. The van der Waals surface area contributed by atoms with E-state index in [9.17, 15) is 0 Å². The number of fused-ring (bicyclic) bond motifs is 1. The second kappa shape index (κ2) is 5.21. The van der Waals surface area contributed by atoms with Crippen LogP contribution in [0, 0.1) is 25.2 Å². The molecule has 3 aromatic rings. The zero-order valence-electron chi connectivity index (χ0n) is 11.7. The van der Waals surface area contributed by atoms with Crippen LogP contribution in [0.5, 0.6) is 5.88 Å². The lowest BCUT2D eigenvalue weighted by Gasteiger charge is -2.06. The molecule has 1 aromatic carbocycles. The number of rotatable bonds is 3. The van der Waals surface area contributed by atoms with E-state index in [-0.39, 0.29) is 6.61 Å². The minimum absolute atomic E-state index is 0.0547. The fourth-order valence-electron chi connectivity index (χ4n) is 2.30. The van der Waals surface area contributed by atoms with E-state index < -0.39 is 0 Å². The van der Waals surface area contributed by atoms with Crippen LogP contribution in [0.1, 0.15) is 11.1 Å². The van der Waals surface area contributed by atoms with Crippen molar-refractivity contribution in [2.75, 3.05) is 6.61 Å². The Hall–Kier alpha value is -2.94. The quantitative estimate of drug-likeness (QED) is 0.735. The van der Waals surface area contributed by atoms with Crippen LogP contribution in [0.4, 0.5) is 0 Å². The summed E-state index contributed by atoms with van der Waals surface area (Å²) in [5, 5.41) is 13.7. The van der Waals surface area contributed by atoms with Crippen LogP contribution < -0.4 is 4.74 Å². The molecule has 0 amide bonds. The zero-order valence-corrected chi connectivity index (χ0v) is 11.7. The van der Waals surface area contributed by atoms with Gasteiger partial charge in [-0.25, -0.2) is 14.6 Å². The van der Waals surface area contributed by atoms with Crippen LogP contribution in [-0.4, -0.2) is 26.4 Å². The van der Waals surface area contributed by atoms with Crippen molar-refractivity contribution in [2.45, 2.75) is 13.8 Å². The van der Waals surface area contributed by atoms with Gasteiger partial charge in [0.1, 0.15) is 17.8 Å². The molecule has 0 aliphatic heterocycles. The lowest BCUT2D eigenvalue weighted by molar-refractivity contribution is 0.357. The molecule has 6 nitrogen and oxygen atoms in total. The number of hydrogen-bond donors (Lipinski definition) is 0. The van der Waals surface area contributed by atoms with E-state index in [1.54, 1.807) is 10.9 Å². The molecule has 21 heavy (non-hydrogen) atoms. The van der Waals surface area contributed by atoms with Crippen LogP contribution in [0.25, 0.3) is 16.7 Å². The van der Waals surface area contributed by atoms with Gasteiger partial charge < -0.3 is 4.74 Å². The smallest absolute Gasteiger partial charge is 0.228 e. The Bertz CT molecular complexity index is 827. The molecule has 6 heteroatoms. The third kappa shape index (κ3) is 2.41. The maximum Gasteiger partial charge on any atom is 0.228 e. The number of hydrogen-bond acceptors (Lipinski definition) is 5. The van der Waals surface area contributed by atoms with Gasteiger partial charge in [0.15, 0.2) is 12.3 Å². The molecule has 0 unspecified atom stereocenters. The third-order valence-electron chi connectivity index (χ3n) is 3.05. The van der Waals surface area contributed by atoms with Gasteiger partial charge in [-0.2, -0.15) is 10.4 Å². The molecule has 3 rings (SSSR count). The molecule has 2 aromatic heterocycles. The molecule has 2 heterocycles. The summed E-state index contributed by atoms with van der Waals surface area (Å²) in [7, 11) is 0. The summed E-state index contributed by atoms with van der Waals surface area (Å²) in [6, 6.07) is 8.11. The van der Waals surface area contributed by atoms with E-state index in [1.165, 1.54) is 6.33 Å². The largest absolute Gasteiger partial charge is 0.462 e. The fraction of sp³-hybridized carbons (Fsp3) is 0.200. The van der Waals surface area contributed by atoms with Crippen LogP contribution in [-0.2, 0) is 0 Å². The Morgan fingerprint density at radius 2 is 1.95 bits per heavy atom. The molecule has 0 fully saturated rings. The molecule has 0 radical (unpaired) electrons. The number of benzene rings is 1. The molecule has 0 aliphatic carbocycles. The Balaban J connectivity index is 2.14. The lowest BCUT2D eigenvalue weighted by atomic mass is 10.1. The van der Waals surface area contributed by atoms with Gasteiger partial charge in [-0.3, -0.25) is 0 Å². The number of aromatic nitrogens is 4. The van der Waals surface area contributed by atoms with Gasteiger partial charge in [0.05, 0.1) is 11.9 Å². The molecular weight excluding hydrogens is 266 g/mol. The van der Waals surface area contributed by atoms with Crippen LogP contribution in [0.3, 0.4) is 0 Å². The van der Waals surface area contributed by atoms with Crippen molar-refractivity contribution in [1.29, 1.82) is 5.26 Å². The summed E-state index contributed by atoms with van der Waals surface area (Å²) >= 11 is 0. The Labute approximate surface area is 121 Å². The van der Waals surface area contributed by atoms with E-state index in [0.717, 1.165) is 16.8 Å². The highest BCUT2D eigenvalue weighted by atomic mass is 16.5. The summed E-state index contributed by atoms with van der Waals surface area (Å²) < 4.78 is 7.05. The van der Waals surface area contributed by atoms with E-state index in [0.29, 0.717) is 16.9 Å². The first-order valence-electron chi connectivity index (χ1n) is 6.46. The molecule has 0 saturated carbocycles. The SMILES string of the molecule is Cc1cc(C)cc(-n2ncc3c(OCC#N)ncnc32)c1. The summed E-state index contributed by atoms with van der Waals surface area (Å²) in [5.41, 5.74) is 3.91. The number of aryl methyl sites for hydroxylation is 2. The molecule has 0 saturated heterocycles. The van der Waals surface area contributed by atoms with Crippen molar-refractivity contribution in [3.8, 4) is 17.6 Å². The highest BCUT2D eigenvalue weighted by molar-refractivity contribution is 5.81. The minimum Gasteiger partial charge on any atom is -0.462 e. The first kappa shape index (κ1) is 13.1. The maximum atomic E-state index is 8.60. The van der Waals surface area contributed by atoms with E-state index >= 15 is 0 Å². The van der Waals surface area contributed by atoms with Crippen molar-refractivity contribution >= 4 is 11.0 Å². The van der Waals surface area contributed by atoms with Gasteiger partial charge in [-0.1, -0.05) is 6.07 Å². The number of nitrogens with zero attached hydrogens (tertiary/aromatic N) is 5. The molecule has 104 valence electrons. The lowest BCUT2D eigenvalue weighted by Crippen LogP contribution is -2.00. The average Bonchev–Trinajstić information content (AvgIpc) is 2.88. The van der Waals surface area contributed by atoms with Gasteiger partial charge in [0.2, 0.25) is 5.88 Å². The first-order chi connectivity index (χ1) is 10.2. The standard InChI is InChI=1S/C15H13N5O/c1-10-5-11(2)7-12(6-10)20-14-13(8-19-20)15(18-9-17-14)21-4-3-16/h5-9H,4H2,1-2H3. The van der Waals surface area contributed by atoms with Crippen molar-refractivity contribution < 1.29 is 4.74 Å². The topological polar surface area (TPSA) is 76.6 Å². The summed E-state index contributed by atoms with van der Waals surface area (Å²) in [6.45, 7) is 4.03. The van der Waals surface area contributed by atoms with Crippen LogP contribution in [0.2, 0.25) is 0 Å². The molecule has 0 aliphatic rings. The summed E-state index contributed by atoms with van der Waals surface area (Å²) in [5.74, 6) is 0.372. The molecule has 0 atom stereocenters. The van der Waals surface area contributed by atoms with Crippen LogP contribution >= 0.6 is 0 Å². The van der Waals surface area contributed by atoms with Gasteiger partial charge in [0, 0.05) is 0 Å². The van der Waals surface area contributed by atoms with Gasteiger partial charge in [-0.15, -0.1) is 0 Å². The molecular formula is C15H13N5O. The third-order valence-corrected chi connectivity index (χ3v) is 3.05. The Morgan fingerprint density at radius 1 is 1.19 bits per heavy atom. The van der Waals surface area contributed by atoms with Crippen molar-refractivity contribution in [2.24, 2.45) is 0 Å². The monoisotopic (exact) mass is 279 g/mol. The predicted octanol–water partition coefficient (Wildman–Crippen LogP) is 2.33. The van der Waals surface area contributed by atoms with Gasteiger partial charge in [0.25, 0.3) is 0 Å². The molecule has 0 N–H and O–H groups in total. The normalized spacial score (nSPS) is 10.5. The Morgan fingerprint density at radius 3 is 2.67 bits per heavy atom. The predicted molar refractivity (Wildman–Crippen MR) is 77.2 cm³/mol. The second-order valence-corrected chi connectivity index (χ2v) is 4.77. The van der Waals surface area contributed by atoms with E-state index in [4.69, 9.17) is 10.00 Å².